The molecule has 126 valence electrons. The zero-order valence-corrected chi connectivity index (χ0v) is 14.2. The van der Waals surface area contributed by atoms with Gasteiger partial charge < -0.3 is 10.6 Å². The van der Waals surface area contributed by atoms with E-state index in [1.165, 1.54) is 12.8 Å². The first-order chi connectivity index (χ1) is 11.7. The summed E-state index contributed by atoms with van der Waals surface area (Å²) in [7, 11) is 0. The number of hydrogen-bond donors (Lipinski definition) is 2. The summed E-state index contributed by atoms with van der Waals surface area (Å²) in [5.74, 6) is 0. The van der Waals surface area contributed by atoms with Gasteiger partial charge in [0.05, 0.1) is 17.9 Å². The minimum atomic E-state index is -0.237. The quantitative estimate of drug-likeness (QED) is 0.869. The zero-order valence-electron chi connectivity index (χ0n) is 13.4. The molecule has 2 amide bonds. The van der Waals surface area contributed by atoms with E-state index in [0.29, 0.717) is 12.2 Å². The predicted molar refractivity (Wildman–Crippen MR) is 96.3 cm³/mol. The first kappa shape index (κ1) is 16.7. The molecule has 1 aromatic heterocycles. The first-order valence-electron chi connectivity index (χ1n) is 8.17. The van der Waals surface area contributed by atoms with Crippen LogP contribution >= 0.6 is 11.6 Å². The van der Waals surface area contributed by atoms with Crippen LogP contribution in [0.4, 0.5) is 10.5 Å². The second kappa shape index (κ2) is 8.13. The van der Waals surface area contributed by atoms with E-state index in [0.717, 1.165) is 23.7 Å². The van der Waals surface area contributed by atoms with Crippen LogP contribution in [0.3, 0.4) is 0 Å². The molecule has 1 atom stereocenters. The van der Waals surface area contributed by atoms with E-state index in [-0.39, 0.29) is 12.1 Å². The van der Waals surface area contributed by atoms with E-state index in [1.54, 1.807) is 24.5 Å². The van der Waals surface area contributed by atoms with Crippen LogP contribution < -0.4 is 10.6 Å². The summed E-state index contributed by atoms with van der Waals surface area (Å²) < 4.78 is 0. The monoisotopic (exact) mass is 344 g/mol. The lowest BCUT2D eigenvalue weighted by atomic mass is 10.1. The van der Waals surface area contributed by atoms with Crippen LogP contribution in [0.25, 0.3) is 0 Å². The average Bonchev–Trinajstić information content (AvgIpc) is 3.12. The number of anilines is 1. The molecule has 0 bridgehead atoms. The van der Waals surface area contributed by atoms with Crippen LogP contribution in [0.5, 0.6) is 0 Å². The fourth-order valence-corrected chi connectivity index (χ4v) is 3.30. The Hall–Kier alpha value is -2.11. The Bertz CT molecular complexity index is 674. The van der Waals surface area contributed by atoms with Gasteiger partial charge in [0.2, 0.25) is 0 Å². The van der Waals surface area contributed by atoms with Crippen molar-refractivity contribution in [3.05, 3.63) is 59.4 Å². The molecule has 2 aromatic rings. The molecule has 1 fully saturated rings. The average molecular weight is 345 g/mol. The van der Waals surface area contributed by atoms with E-state index >= 15 is 0 Å². The molecule has 2 heterocycles. The number of nitrogens with zero attached hydrogens (tertiary/aromatic N) is 2. The van der Waals surface area contributed by atoms with Crippen molar-refractivity contribution in [1.82, 2.24) is 15.2 Å². The Morgan fingerprint density at radius 1 is 1.21 bits per heavy atom. The Balaban J connectivity index is 1.66. The van der Waals surface area contributed by atoms with Gasteiger partial charge in [-0.05, 0) is 49.7 Å². The topological polar surface area (TPSA) is 57.3 Å². The van der Waals surface area contributed by atoms with Crippen LogP contribution in [-0.2, 0) is 0 Å². The third kappa shape index (κ3) is 4.24. The van der Waals surface area contributed by atoms with E-state index < -0.39 is 0 Å². The van der Waals surface area contributed by atoms with Crippen molar-refractivity contribution < 1.29 is 4.79 Å². The van der Waals surface area contributed by atoms with E-state index in [1.807, 2.05) is 24.3 Å². The number of pyridine rings is 1. The molecule has 24 heavy (non-hydrogen) atoms. The van der Waals surface area contributed by atoms with Crippen molar-refractivity contribution in [2.24, 2.45) is 0 Å². The molecule has 1 aliphatic heterocycles. The van der Waals surface area contributed by atoms with Crippen molar-refractivity contribution in [3.8, 4) is 0 Å². The Labute approximate surface area is 147 Å². The van der Waals surface area contributed by atoms with Gasteiger partial charge in [-0.15, -0.1) is 0 Å². The van der Waals surface area contributed by atoms with Crippen molar-refractivity contribution in [2.45, 2.75) is 18.9 Å². The highest BCUT2D eigenvalue weighted by atomic mass is 35.5. The summed E-state index contributed by atoms with van der Waals surface area (Å²) in [5, 5.41) is 6.49. The van der Waals surface area contributed by atoms with Crippen LogP contribution in [0.2, 0.25) is 5.02 Å². The molecule has 1 aromatic carbocycles. The Kier molecular flexibility index (Phi) is 5.67. The third-order valence-electron chi connectivity index (χ3n) is 4.22. The Morgan fingerprint density at radius 3 is 2.71 bits per heavy atom. The molecule has 1 saturated heterocycles. The summed E-state index contributed by atoms with van der Waals surface area (Å²) in [6.07, 6.45) is 5.65. The van der Waals surface area contributed by atoms with Gasteiger partial charge in [-0.25, -0.2) is 4.79 Å². The minimum absolute atomic E-state index is 0.0841. The summed E-state index contributed by atoms with van der Waals surface area (Å²) in [5.41, 5.74) is 1.73. The van der Waals surface area contributed by atoms with Crippen molar-refractivity contribution in [3.63, 3.8) is 0 Å². The number of likely N-dealkylation sites (tertiary alicyclic amines) is 1. The fourth-order valence-electron chi connectivity index (χ4n) is 3.04. The summed E-state index contributed by atoms with van der Waals surface area (Å²) in [4.78, 5) is 18.5. The van der Waals surface area contributed by atoms with Crippen molar-refractivity contribution in [1.29, 1.82) is 0 Å². The molecule has 0 spiro atoms. The minimum Gasteiger partial charge on any atom is -0.336 e. The van der Waals surface area contributed by atoms with Gasteiger partial charge in [0, 0.05) is 17.8 Å². The van der Waals surface area contributed by atoms with E-state index in [2.05, 4.69) is 20.5 Å². The maximum absolute atomic E-state index is 12.1. The van der Waals surface area contributed by atoms with Gasteiger partial charge in [0.25, 0.3) is 0 Å². The van der Waals surface area contributed by atoms with E-state index in [9.17, 15) is 4.79 Å². The molecule has 5 nitrogen and oxygen atoms in total. The number of nitrogens with one attached hydrogen (secondary N) is 2. The summed E-state index contributed by atoms with van der Waals surface area (Å²) in [6, 6.07) is 11.3. The van der Waals surface area contributed by atoms with Crippen LogP contribution in [0.1, 0.15) is 24.4 Å². The highest BCUT2D eigenvalue weighted by Gasteiger charge is 2.25. The van der Waals surface area contributed by atoms with Crippen LogP contribution in [0, 0.1) is 0 Å². The molecular weight excluding hydrogens is 324 g/mol. The first-order valence-corrected chi connectivity index (χ1v) is 8.55. The third-order valence-corrected chi connectivity index (χ3v) is 4.57. The lowest BCUT2D eigenvalue weighted by Gasteiger charge is -2.29. The van der Waals surface area contributed by atoms with Gasteiger partial charge >= 0.3 is 6.03 Å². The maximum atomic E-state index is 12.1. The SMILES string of the molecule is O=C(NCC(c1ccccc1Cl)N1CCCC1)Nc1cccnc1. The zero-order chi connectivity index (χ0) is 16.8. The second-order valence-corrected chi connectivity index (χ2v) is 6.26. The molecule has 3 rings (SSSR count). The van der Waals surface area contributed by atoms with Gasteiger partial charge in [-0.1, -0.05) is 29.8 Å². The molecule has 1 aliphatic rings. The lowest BCUT2D eigenvalue weighted by molar-refractivity contribution is 0.227. The largest absolute Gasteiger partial charge is 0.336 e. The molecule has 2 N–H and O–H groups in total. The molecular formula is C18H21ClN4O. The number of urea groups is 1. The maximum Gasteiger partial charge on any atom is 0.319 e. The van der Waals surface area contributed by atoms with Crippen LogP contribution in [-0.4, -0.2) is 35.5 Å². The molecule has 6 heteroatoms. The second-order valence-electron chi connectivity index (χ2n) is 5.86. The lowest BCUT2D eigenvalue weighted by Crippen LogP contribution is -2.38. The van der Waals surface area contributed by atoms with Crippen molar-refractivity contribution in [2.75, 3.05) is 25.0 Å². The number of aromatic nitrogens is 1. The van der Waals surface area contributed by atoms with E-state index in [4.69, 9.17) is 11.6 Å². The summed E-state index contributed by atoms with van der Waals surface area (Å²) >= 11 is 6.38. The van der Waals surface area contributed by atoms with Gasteiger partial charge in [-0.2, -0.15) is 0 Å². The molecule has 1 unspecified atom stereocenters. The number of rotatable bonds is 5. The van der Waals surface area contributed by atoms with Gasteiger partial charge in [0.1, 0.15) is 0 Å². The van der Waals surface area contributed by atoms with Gasteiger partial charge in [0.15, 0.2) is 0 Å². The smallest absolute Gasteiger partial charge is 0.319 e. The van der Waals surface area contributed by atoms with Gasteiger partial charge in [-0.3, -0.25) is 9.88 Å². The number of benzene rings is 1. The number of carbonyl (C=O) groups excluding carboxylic acids is 1. The predicted octanol–water partition coefficient (Wildman–Crippen LogP) is 3.69. The van der Waals surface area contributed by atoms with Crippen LogP contribution in [0.15, 0.2) is 48.8 Å². The molecule has 0 saturated carbocycles. The number of carbonyl (C=O) groups is 1. The highest BCUT2D eigenvalue weighted by molar-refractivity contribution is 6.31. The summed E-state index contributed by atoms with van der Waals surface area (Å²) in [6.45, 7) is 2.57. The normalized spacial score (nSPS) is 15.9. The molecule has 0 radical (unpaired) electrons. The number of halogens is 1. The number of amides is 2. The number of hydrogen-bond acceptors (Lipinski definition) is 3. The standard InChI is InChI=1S/C18H21ClN4O/c19-16-8-2-1-7-15(16)17(23-10-3-4-11-23)13-21-18(24)22-14-6-5-9-20-12-14/h1-2,5-9,12,17H,3-4,10-11,13H2,(H2,21,22,24). The Morgan fingerprint density at radius 2 is 2.00 bits per heavy atom. The highest BCUT2D eigenvalue weighted by Crippen LogP contribution is 2.29. The molecule has 0 aliphatic carbocycles. The van der Waals surface area contributed by atoms with Crippen molar-refractivity contribution >= 4 is 23.3 Å². The fraction of sp³-hybridized carbons (Fsp3) is 0.333.